The summed E-state index contributed by atoms with van der Waals surface area (Å²) in [7, 11) is -2.13. The second kappa shape index (κ2) is 12.1. The molecule has 0 aliphatic carbocycles. The van der Waals surface area contributed by atoms with Crippen LogP contribution < -0.4 is 9.54 Å². The summed E-state index contributed by atoms with van der Waals surface area (Å²) in [4.78, 5) is 17.9. The molecule has 3 rings (SSSR count). The van der Waals surface area contributed by atoms with E-state index in [-0.39, 0.29) is 23.5 Å². The van der Waals surface area contributed by atoms with Gasteiger partial charge in [-0.05, 0) is 49.4 Å². The van der Waals surface area contributed by atoms with Crippen molar-refractivity contribution >= 4 is 37.5 Å². The van der Waals surface area contributed by atoms with Gasteiger partial charge in [0.25, 0.3) is 5.91 Å². The monoisotopic (exact) mass is 515 g/mol. The maximum absolute atomic E-state index is 13.0. The normalized spacial score (nSPS) is 12.3. The number of hydrogen-bond acceptors (Lipinski definition) is 6. The van der Waals surface area contributed by atoms with Crippen molar-refractivity contribution in [1.29, 1.82) is 0 Å². The maximum atomic E-state index is 13.0. The molecule has 3 aromatic rings. The van der Waals surface area contributed by atoms with E-state index in [1.54, 1.807) is 7.11 Å². The minimum atomic E-state index is -3.75. The lowest BCUT2D eigenvalue weighted by molar-refractivity contribution is 0.0997. The van der Waals surface area contributed by atoms with E-state index >= 15 is 0 Å². The van der Waals surface area contributed by atoms with E-state index in [2.05, 4.69) is 18.2 Å². The second-order valence-electron chi connectivity index (χ2n) is 7.43. The number of sulfonamides is 1. The molecule has 1 aromatic heterocycles. The van der Waals surface area contributed by atoms with E-state index in [9.17, 15) is 13.2 Å². The zero-order valence-corrected chi connectivity index (χ0v) is 21.5. The van der Waals surface area contributed by atoms with Gasteiger partial charge in [0.2, 0.25) is 10.0 Å². The van der Waals surface area contributed by atoms with Gasteiger partial charge in [-0.25, -0.2) is 8.42 Å². The number of benzene rings is 2. The van der Waals surface area contributed by atoms with E-state index in [4.69, 9.17) is 9.47 Å². The Kier molecular flexibility index (Phi) is 9.16. The lowest BCUT2D eigenvalue weighted by Gasteiger charge is -2.19. The van der Waals surface area contributed by atoms with Crippen LogP contribution in [0.15, 0.2) is 77.7 Å². The Morgan fingerprint density at radius 3 is 2.43 bits per heavy atom. The predicted octanol–water partition coefficient (Wildman–Crippen LogP) is 3.85. The molecule has 10 heteroatoms. The summed E-state index contributed by atoms with van der Waals surface area (Å²) < 4.78 is 40.7. The standard InChI is InChI=1S/C25H29N3O5S2/c1-5-14-27(15-6-2)35(30,31)21-11-8-19(9-12-21)24(29)26-25-28(16-17-32-4)22-13-10-20(33-7-3)18-23(22)34-25/h5-6,8-13,18H,1-2,7,14-17H2,3-4H3. The minimum Gasteiger partial charge on any atom is -0.494 e. The minimum absolute atomic E-state index is 0.0817. The van der Waals surface area contributed by atoms with Crippen molar-refractivity contribution in [3.8, 4) is 5.75 Å². The predicted molar refractivity (Wildman–Crippen MR) is 138 cm³/mol. The highest BCUT2D eigenvalue weighted by atomic mass is 32.2. The van der Waals surface area contributed by atoms with Gasteiger partial charge in [0.05, 0.1) is 28.3 Å². The van der Waals surface area contributed by atoms with Crippen molar-refractivity contribution < 1.29 is 22.7 Å². The molecule has 0 fully saturated rings. The van der Waals surface area contributed by atoms with Crippen LogP contribution >= 0.6 is 11.3 Å². The van der Waals surface area contributed by atoms with E-state index in [0.717, 1.165) is 16.0 Å². The smallest absolute Gasteiger partial charge is 0.279 e. The van der Waals surface area contributed by atoms with Crippen LogP contribution in [0.3, 0.4) is 0 Å². The van der Waals surface area contributed by atoms with Crippen LogP contribution in [0.4, 0.5) is 0 Å². The fourth-order valence-electron chi connectivity index (χ4n) is 3.42. The lowest BCUT2D eigenvalue weighted by Crippen LogP contribution is -2.31. The van der Waals surface area contributed by atoms with Gasteiger partial charge in [-0.2, -0.15) is 9.30 Å². The van der Waals surface area contributed by atoms with Crippen molar-refractivity contribution in [3.63, 3.8) is 0 Å². The van der Waals surface area contributed by atoms with E-state index in [1.165, 1.54) is 52.1 Å². The highest BCUT2D eigenvalue weighted by Crippen LogP contribution is 2.24. The molecule has 0 radical (unpaired) electrons. The number of carbonyl (C=O) groups excluding carboxylic acids is 1. The first-order valence-electron chi connectivity index (χ1n) is 11.0. The van der Waals surface area contributed by atoms with Crippen LogP contribution in [0.25, 0.3) is 10.2 Å². The topological polar surface area (TPSA) is 90.2 Å². The van der Waals surface area contributed by atoms with Crippen LogP contribution in [0.5, 0.6) is 5.75 Å². The summed E-state index contributed by atoms with van der Waals surface area (Å²) in [6, 6.07) is 11.5. The quantitative estimate of drug-likeness (QED) is 0.342. The number of aromatic nitrogens is 1. The van der Waals surface area contributed by atoms with Gasteiger partial charge in [-0.1, -0.05) is 23.5 Å². The summed E-state index contributed by atoms with van der Waals surface area (Å²) in [6.45, 7) is 11.0. The molecule has 186 valence electrons. The number of nitrogens with zero attached hydrogens (tertiary/aromatic N) is 3. The summed E-state index contributed by atoms with van der Waals surface area (Å²) in [5.41, 5.74) is 1.21. The number of methoxy groups -OCH3 is 1. The number of fused-ring (bicyclic) bond motifs is 1. The summed E-state index contributed by atoms with van der Waals surface area (Å²) in [5.74, 6) is 0.280. The highest BCUT2D eigenvalue weighted by Gasteiger charge is 2.22. The molecule has 1 heterocycles. The Bertz CT molecular complexity index is 1360. The van der Waals surface area contributed by atoms with E-state index in [0.29, 0.717) is 24.6 Å². The number of rotatable bonds is 12. The van der Waals surface area contributed by atoms with Crippen LogP contribution in [0.2, 0.25) is 0 Å². The number of amides is 1. The highest BCUT2D eigenvalue weighted by molar-refractivity contribution is 7.89. The maximum Gasteiger partial charge on any atom is 0.279 e. The third-order valence-electron chi connectivity index (χ3n) is 5.09. The van der Waals surface area contributed by atoms with Gasteiger partial charge in [-0.3, -0.25) is 4.79 Å². The zero-order valence-electron chi connectivity index (χ0n) is 19.8. The number of hydrogen-bond donors (Lipinski definition) is 0. The van der Waals surface area contributed by atoms with Crippen LogP contribution in [-0.2, 0) is 21.3 Å². The van der Waals surface area contributed by atoms with Gasteiger partial charge < -0.3 is 14.0 Å². The Labute approximate surface area is 209 Å². The number of ether oxygens (including phenoxy) is 2. The Hall–Kier alpha value is -3.05. The van der Waals surface area contributed by atoms with Gasteiger partial charge in [0.1, 0.15) is 5.75 Å². The largest absolute Gasteiger partial charge is 0.494 e. The van der Waals surface area contributed by atoms with Crippen molar-refractivity contribution in [2.24, 2.45) is 4.99 Å². The third-order valence-corrected chi connectivity index (χ3v) is 7.97. The first kappa shape index (κ1) is 26.6. The number of thiazole rings is 1. The Balaban J connectivity index is 1.96. The van der Waals surface area contributed by atoms with Gasteiger partial charge >= 0.3 is 0 Å². The Morgan fingerprint density at radius 1 is 1.14 bits per heavy atom. The van der Waals surface area contributed by atoms with Crippen molar-refractivity contribution in [2.75, 3.05) is 33.4 Å². The van der Waals surface area contributed by atoms with Gasteiger partial charge in [-0.15, -0.1) is 13.2 Å². The van der Waals surface area contributed by atoms with Gasteiger partial charge in [0.15, 0.2) is 4.80 Å². The van der Waals surface area contributed by atoms with Crippen molar-refractivity contribution in [3.05, 3.63) is 78.1 Å². The summed E-state index contributed by atoms with van der Waals surface area (Å²) >= 11 is 1.38. The molecule has 0 aliphatic heterocycles. The average Bonchev–Trinajstić information content (AvgIpc) is 3.18. The second-order valence-corrected chi connectivity index (χ2v) is 10.4. The molecule has 0 spiro atoms. The van der Waals surface area contributed by atoms with Crippen molar-refractivity contribution in [1.82, 2.24) is 8.87 Å². The molecule has 0 aliphatic rings. The van der Waals surface area contributed by atoms with E-state index in [1.807, 2.05) is 29.7 Å². The molecule has 0 saturated heterocycles. The fourth-order valence-corrected chi connectivity index (χ4v) is 5.89. The SMILES string of the molecule is C=CCN(CC=C)S(=O)(=O)c1ccc(C(=O)N=c2sc3cc(OCC)ccc3n2CCOC)cc1. The summed E-state index contributed by atoms with van der Waals surface area (Å²) in [6.07, 6.45) is 3.03. The average molecular weight is 516 g/mol. The molecule has 0 saturated carbocycles. The Morgan fingerprint density at radius 2 is 1.83 bits per heavy atom. The van der Waals surface area contributed by atoms with Crippen molar-refractivity contribution in [2.45, 2.75) is 18.4 Å². The fraction of sp³-hybridized carbons (Fsp3) is 0.280. The van der Waals surface area contributed by atoms with E-state index < -0.39 is 15.9 Å². The molecular weight excluding hydrogens is 486 g/mol. The molecular formula is C25H29N3O5S2. The molecule has 2 aromatic carbocycles. The number of carbonyl (C=O) groups is 1. The zero-order chi connectivity index (χ0) is 25.4. The molecule has 8 nitrogen and oxygen atoms in total. The molecule has 0 unspecified atom stereocenters. The summed E-state index contributed by atoms with van der Waals surface area (Å²) in [5, 5.41) is 0. The first-order valence-corrected chi connectivity index (χ1v) is 13.3. The third kappa shape index (κ3) is 6.15. The molecule has 1 amide bonds. The van der Waals surface area contributed by atoms with Gasteiger partial charge in [0, 0.05) is 32.3 Å². The molecule has 0 bridgehead atoms. The molecule has 0 atom stereocenters. The molecule has 35 heavy (non-hydrogen) atoms. The molecule has 0 N–H and O–H groups in total. The van der Waals surface area contributed by atoms with Crippen LogP contribution in [0.1, 0.15) is 17.3 Å². The lowest BCUT2D eigenvalue weighted by atomic mass is 10.2. The van der Waals surface area contributed by atoms with Crippen LogP contribution in [0, 0.1) is 0 Å². The first-order chi connectivity index (χ1) is 16.8. The van der Waals surface area contributed by atoms with Crippen LogP contribution in [-0.4, -0.2) is 56.6 Å².